The Morgan fingerprint density at radius 3 is 2.31 bits per heavy atom. The van der Waals surface area contributed by atoms with E-state index >= 15 is 0 Å². The summed E-state index contributed by atoms with van der Waals surface area (Å²) in [5.74, 6) is 0. The molecule has 0 radical (unpaired) electrons. The van der Waals surface area contributed by atoms with Crippen molar-refractivity contribution in [1.29, 1.82) is 5.26 Å². The van der Waals surface area contributed by atoms with Crippen LogP contribution >= 0.6 is 22.6 Å². The fourth-order valence-electron chi connectivity index (χ4n) is 0.927. The molecule has 86 valence electrons. The standard InChI is InChI=1S/C8H2F5IN2/c9-7(10)3-1-5(8(11,12)13)16-4(2-15)6(3)14/h1,7H. The van der Waals surface area contributed by atoms with Crippen molar-refractivity contribution in [3.63, 3.8) is 0 Å². The van der Waals surface area contributed by atoms with Gasteiger partial charge in [0.2, 0.25) is 0 Å². The Balaban J connectivity index is 3.48. The van der Waals surface area contributed by atoms with Crippen LogP contribution in [0, 0.1) is 14.9 Å². The summed E-state index contributed by atoms with van der Waals surface area (Å²) in [5.41, 5.74) is -2.97. The summed E-state index contributed by atoms with van der Waals surface area (Å²) in [6.45, 7) is 0. The molecule has 8 heteroatoms. The Bertz CT molecular complexity index is 449. The van der Waals surface area contributed by atoms with E-state index in [-0.39, 0.29) is 9.64 Å². The smallest absolute Gasteiger partial charge is 0.231 e. The number of rotatable bonds is 1. The first-order chi connectivity index (χ1) is 7.27. The van der Waals surface area contributed by atoms with Crippen molar-refractivity contribution in [1.82, 2.24) is 4.98 Å². The monoisotopic (exact) mass is 348 g/mol. The van der Waals surface area contributed by atoms with Gasteiger partial charge in [-0.15, -0.1) is 0 Å². The first kappa shape index (κ1) is 13.1. The fraction of sp³-hybridized carbons (Fsp3) is 0.250. The number of nitriles is 1. The van der Waals surface area contributed by atoms with Crippen LogP contribution in [0.25, 0.3) is 0 Å². The van der Waals surface area contributed by atoms with E-state index in [2.05, 4.69) is 4.98 Å². The molecule has 2 nitrogen and oxygen atoms in total. The molecule has 0 bridgehead atoms. The van der Waals surface area contributed by atoms with E-state index in [1.807, 2.05) is 0 Å². The van der Waals surface area contributed by atoms with E-state index in [0.29, 0.717) is 0 Å². The van der Waals surface area contributed by atoms with Crippen LogP contribution < -0.4 is 0 Å². The second-order valence-electron chi connectivity index (χ2n) is 2.67. The van der Waals surface area contributed by atoms with Crippen molar-refractivity contribution in [3.8, 4) is 6.07 Å². The first-order valence-corrected chi connectivity index (χ1v) is 4.81. The molecule has 0 N–H and O–H groups in total. The summed E-state index contributed by atoms with van der Waals surface area (Å²) >= 11 is 1.37. The van der Waals surface area contributed by atoms with Gasteiger partial charge in [0.25, 0.3) is 6.43 Å². The van der Waals surface area contributed by atoms with Gasteiger partial charge >= 0.3 is 6.18 Å². The van der Waals surface area contributed by atoms with Crippen molar-refractivity contribution in [2.75, 3.05) is 0 Å². The number of pyridine rings is 1. The highest BCUT2D eigenvalue weighted by Gasteiger charge is 2.35. The molecule has 1 aromatic rings. The van der Waals surface area contributed by atoms with Crippen LogP contribution in [-0.4, -0.2) is 4.98 Å². The minimum absolute atomic E-state index is 0.257. The molecule has 0 amide bonds. The van der Waals surface area contributed by atoms with Gasteiger partial charge in [-0.3, -0.25) is 0 Å². The Labute approximate surface area is 100 Å². The SMILES string of the molecule is N#Cc1nc(C(F)(F)F)cc(C(F)F)c1I. The van der Waals surface area contributed by atoms with Gasteiger partial charge in [-0.1, -0.05) is 0 Å². The molecule has 0 spiro atoms. The van der Waals surface area contributed by atoms with Crippen LogP contribution in [0.5, 0.6) is 0 Å². The molecule has 0 aliphatic carbocycles. The number of aromatic nitrogens is 1. The minimum atomic E-state index is -4.85. The predicted octanol–water partition coefficient (Wildman–Crippen LogP) is 3.51. The van der Waals surface area contributed by atoms with Crippen LogP contribution in [0.4, 0.5) is 22.0 Å². The van der Waals surface area contributed by atoms with Crippen LogP contribution in [-0.2, 0) is 6.18 Å². The molecule has 1 rings (SSSR count). The van der Waals surface area contributed by atoms with E-state index in [9.17, 15) is 22.0 Å². The number of nitrogens with zero attached hydrogens (tertiary/aromatic N) is 2. The molecule has 1 heterocycles. The maximum absolute atomic E-state index is 12.4. The molecule has 1 aromatic heterocycles. The molecule has 0 aliphatic heterocycles. The number of alkyl halides is 5. The second kappa shape index (κ2) is 4.48. The van der Waals surface area contributed by atoms with Crippen LogP contribution in [0.15, 0.2) is 6.07 Å². The van der Waals surface area contributed by atoms with Crippen molar-refractivity contribution < 1.29 is 22.0 Å². The summed E-state index contributed by atoms with van der Waals surface area (Å²) in [7, 11) is 0. The molecular formula is C8H2F5IN2. The first-order valence-electron chi connectivity index (χ1n) is 3.73. The van der Waals surface area contributed by atoms with Gasteiger partial charge in [0.05, 0.1) is 3.57 Å². The normalized spacial score (nSPS) is 11.6. The number of hydrogen-bond donors (Lipinski definition) is 0. The molecule has 16 heavy (non-hydrogen) atoms. The zero-order valence-electron chi connectivity index (χ0n) is 7.32. The van der Waals surface area contributed by atoms with Crippen LogP contribution in [0.1, 0.15) is 23.4 Å². The fourth-order valence-corrected chi connectivity index (χ4v) is 1.56. The van der Waals surface area contributed by atoms with Crippen molar-refractivity contribution in [2.45, 2.75) is 12.6 Å². The lowest BCUT2D eigenvalue weighted by molar-refractivity contribution is -0.141. The highest BCUT2D eigenvalue weighted by Crippen LogP contribution is 2.33. The lowest BCUT2D eigenvalue weighted by Crippen LogP contribution is -2.11. The van der Waals surface area contributed by atoms with Gasteiger partial charge in [0, 0.05) is 5.56 Å². The Morgan fingerprint density at radius 1 is 1.38 bits per heavy atom. The lowest BCUT2D eigenvalue weighted by Gasteiger charge is -2.10. The van der Waals surface area contributed by atoms with E-state index in [0.717, 1.165) is 0 Å². The van der Waals surface area contributed by atoms with Gasteiger partial charge < -0.3 is 0 Å². The number of halogens is 6. The average molecular weight is 348 g/mol. The van der Waals surface area contributed by atoms with Gasteiger partial charge in [0.15, 0.2) is 5.69 Å². The topological polar surface area (TPSA) is 36.7 Å². The highest BCUT2D eigenvalue weighted by molar-refractivity contribution is 14.1. The molecule has 0 unspecified atom stereocenters. The van der Waals surface area contributed by atoms with E-state index in [1.54, 1.807) is 0 Å². The summed E-state index contributed by atoms with van der Waals surface area (Å²) in [4.78, 5) is 2.98. The summed E-state index contributed by atoms with van der Waals surface area (Å²) in [5, 5.41) is 8.49. The number of hydrogen-bond acceptors (Lipinski definition) is 2. The zero-order valence-corrected chi connectivity index (χ0v) is 9.47. The van der Waals surface area contributed by atoms with Gasteiger partial charge in [-0.05, 0) is 28.7 Å². The summed E-state index contributed by atoms with van der Waals surface area (Å²) in [6, 6.07) is 1.61. The van der Waals surface area contributed by atoms with Gasteiger partial charge in [-0.2, -0.15) is 18.4 Å². The molecule has 0 saturated heterocycles. The maximum Gasteiger partial charge on any atom is 0.433 e. The molecule has 0 fully saturated rings. The van der Waals surface area contributed by atoms with E-state index in [1.165, 1.54) is 28.7 Å². The van der Waals surface area contributed by atoms with Gasteiger partial charge in [-0.25, -0.2) is 13.8 Å². The second-order valence-corrected chi connectivity index (χ2v) is 3.75. The molecule has 0 aliphatic rings. The van der Waals surface area contributed by atoms with Gasteiger partial charge in [0.1, 0.15) is 11.8 Å². The van der Waals surface area contributed by atoms with Crippen molar-refractivity contribution in [2.24, 2.45) is 0 Å². The summed E-state index contributed by atoms with van der Waals surface area (Å²) < 4.78 is 61.3. The Hall–Kier alpha value is -0.980. The van der Waals surface area contributed by atoms with Crippen LogP contribution in [0.3, 0.4) is 0 Å². The molecule has 0 saturated carbocycles. The third-order valence-electron chi connectivity index (χ3n) is 1.62. The van der Waals surface area contributed by atoms with E-state index in [4.69, 9.17) is 5.26 Å². The summed E-state index contributed by atoms with van der Waals surface area (Å²) in [6.07, 6.45) is -7.93. The predicted molar refractivity (Wildman–Crippen MR) is 51.6 cm³/mol. The van der Waals surface area contributed by atoms with E-state index < -0.39 is 29.6 Å². The zero-order chi connectivity index (χ0) is 12.5. The Kier molecular flexibility index (Phi) is 3.67. The highest BCUT2D eigenvalue weighted by atomic mass is 127. The minimum Gasteiger partial charge on any atom is -0.231 e. The largest absolute Gasteiger partial charge is 0.433 e. The molecule has 0 aromatic carbocycles. The molecule has 0 atom stereocenters. The average Bonchev–Trinajstić information content (AvgIpc) is 2.15. The third kappa shape index (κ3) is 2.58. The van der Waals surface area contributed by atoms with Crippen molar-refractivity contribution >= 4 is 22.6 Å². The van der Waals surface area contributed by atoms with Crippen molar-refractivity contribution in [3.05, 3.63) is 26.6 Å². The Morgan fingerprint density at radius 2 is 1.94 bits per heavy atom. The molecular weight excluding hydrogens is 346 g/mol. The quantitative estimate of drug-likeness (QED) is 0.575. The third-order valence-corrected chi connectivity index (χ3v) is 2.75. The van der Waals surface area contributed by atoms with Crippen LogP contribution in [0.2, 0.25) is 0 Å². The lowest BCUT2D eigenvalue weighted by atomic mass is 10.2. The maximum atomic E-state index is 12.4.